The molecule has 0 spiro atoms. The summed E-state index contributed by atoms with van der Waals surface area (Å²) in [6, 6.07) is 8.99. The lowest BCUT2D eigenvalue weighted by molar-refractivity contribution is 0.101. The van der Waals surface area contributed by atoms with Crippen LogP contribution in [-0.4, -0.2) is 15.6 Å². The average molecular weight is 290 g/mol. The van der Waals surface area contributed by atoms with Gasteiger partial charge in [0.05, 0.1) is 0 Å². The SMILES string of the molecule is Cc1cc(NC(=O)c2cc3c(Cl)cccc3n2C)no1. The molecule has 3 aromatic rings. The molecule has 0 bridgehead atoms. The van der Waals surface area contributed by atoms with Crippen LogP contribution >= 0.6 is 11.6 Å². The summed E-state index contributed by atoms with van der Waals surface area (Å²) in [5, 5.41) is 7.90. The normalized spacial score (nSPS) is 10.9. The number of nitrogens with one attached hydrogen (secondary N) is 1. The Bertz CT molecular complexity index is 804. The molecule has 0 aliphatic heterocycles. The largest absolute Gasteiger partial charge is 0.360 e. The molecule has 1 amide bonds. The molecule has 0 aliphatic carbocycles. The number of aryl methyl sites for hydroxylation is 2. The van der Waals surface area contributed by atoms with Gasteiger partial charge >= 0.3 is 0 Å². The van der Waals surface area contributed by atoms with Gasteiger partial charge in [-0.1, -0.05) is 22.8 Å². The lowest BCUT2D eigenvalue weighted by Gasteiger charge is -2.03. The Labute approximate surface area is 120 Å². The number of carbonyl (C=O) groups is 1. The summed E-state index contributed by atoms with van der Waals surface area (Å²) in [5.74, 6) is 0.775. The van der Waals surface area contributed by atoms with E-state index >= 15 is 0 Å². The molecule has 0 saturated carbocycles. The van der Waals surface area contributed by atoms with E-state index in [4.69, 9.17) is 16.1 Å². The van der Waals surface area contributed by atoms with E-state index in [9.17, 15) is 4.79 Å². The number of fused-ring (bicyclic) bond motifs is 1. The van der Waals surface area contributed by atoms with Gasteiger partial charge in [0.25, 0.3) is 5.91 Å². The van der Waals surface area contributed by atoms with Gasteiger partial charge in [-0.2, -0.15) is 0 Å². The Morgan fingerprint density at radius 2 is 2.20 bits per heavy atom. The fourth-order valence-electron chi connectivity index (χ4n) is 2.15. The number of amides is 1. The minimum absolute atomic E-state index is 0.256. The minimum Gasteiger partial charge on any atom is -0.360 e. The van der Waals surface area contributed by atoms with Crippen molar-refractivity contribution < 1.29 is 9.32 Å². The fraction of sp³-hybridized carbons (Fsp3) is 0.143. The van der Waals surface area contributed by atoms with Crippen molar-refractivity contribution in [3.8, 4) is 0 Å². The van der Waals surface area contributed by atoms with Crippen LogP contribution in [0.2, 0.25) is 5.02 Å². The van der Waals surface area contributed by atoms with Crippen LogP contribution in [0.3, 0.4) is 0 Å². The number of nitrogens with zero attached hydrogens (tertiary/aromatic N) is 2. The van der Waals surface area contributed by atoms with Crippen LogP contribution in [0.25, 0.3) is 10.9 Å². The van der Waals surface area contributed by atoms with E-state index in [0.717, 1.165) is 10.9 Å². The monoisotopic (exact) mass is 289 g/mol. The summed E-state index contributed by atoms with van der Waals surface area (Å²) in [5.41, 5.74) is 1.41. The molecular formula is C14H12ClN3O2. The number of halogens is 1. The van der Waals surface area contributed by atoms with Crippen LogP contribution < -0.4 is 5.32 Å². The Kier molecular flexibility index (Phi) is 2.99. The second kappa shape index (κ2) is 4.68. The van der Waals surface area contributed by atoms with Crippen LogP contribution in [0.4, 0.5) is 5.82 Å². The van der Waals surface area contributed by atoms with Gasteiger partial charge < -0.3 is 14.4 Å². The summed E-state index contributed by atoms with van der Waals surface area (Å²) < 4.78 is 6.71. The fourth-order valence-corrected chi connectivity index (χ4v) is 2.37. The molecule has 1 aromatic carbocycles. The third-order valence-corrected chi connectivity index (χ3v) is 3.47. The predicted octanol–water partition coefficient (Wildman–Crippen LogP) is 3.38. The third-order valence-electron chi connectivity index (χ3n) is 3.14. The molecular weight excluding hydrogens is 278 g/mol. The summed E-state index contributed by atoms with van der Waals surface area (Å²) >= 11 is 6.14. The van der Waals surface area contributed by atoms with Crippen molar-refractivity contribution in [2.75, 3.05) is 5.32 Å². The van der Waals surface area contributed by atoms with Crippen molar-refractivity contribution in [3.05, 3.63) is 46.8 Å². The molecule has 0 fully saturated rings. The first-order chi connectivity index (χ1) is 9.56. The van der Waals surface area contributed by atoms with Gasteiger partial charge in [-0.3, -0.25) is 4.79 Å². The van der Waals surface area contributed by atoms with Gasteiger partial charge in [0.2, 0.25) is 0 Å². The summed E-state index contributed by atoms with van der Waals surface area (Å²) in [6.45, 7) is 1.76. The topological polar surface area (TPSA) is 60.1 Å². The maximum absolute atomic E-state index is 12.3. The molecule has 0 radical (unpaired) electrons. The zero-order chi connectivity index (χ0) is 14.3. The molecule has 2 aromatic heterocycles. The van der Waals surface area contributed by atoms with Crippen molar-refractivity contribution in [2.24, 2.45) is 7.05 Å². The molecule has 102 valence electrons. The molecule has 5 nitrogen and oxygen atoms in total. The smallest absolute Gasteiger partial charge is 0.273 e. The van der Waals surface area contributed by atoms with Crippen LogP contribution in [0.5, 0.6) is 0 Å². The van der Waals surface area contributed by atoms with E-state index in [1.54, 1.807) is 29.7 Å². The highest BCUT2D eigenvalue weighted by atomic mass is 35.5. The number of hydrogen-bond acceptors (Lipinski definition) is 3. The lowest BCUT2D eigenvalue weighted by atomic mass is 10.2. The molecule has 0 saturated heterocycles. The van der Waals surface area contributed by atoms with Crippen LogP contribution in [0, 0.1) is 6.92 Å². The van der Waals surface area contributed by atoms with E-state index in [0.29, 0.717) is 22.3 Å². The Morgan fingerprint density at radius 1 is 1.40 bits per heavy atom. The summed E-state index contributed by atoms with van der Waals surface area (Å²) in [6.07, 6.45) is 0. The van der Waals surface area contributed by atoms with Crippen molar-refractivity contribution in [1.82, 2.24) is 9.72 Å². The Morgan fingerprint density at radius 3 is 2.85 bits per heavy atom. The zero-order valence-electron chi connectivity index (χ0n) is 11.0. The Balaban J connectivity index is 1.99. The van der Waals surface area contributed by atoms with Gasteiger partial charge in [0.1, 0.15) is 11.5 Å². The second-order valence-electron chi connectivity index (χ2n) is 4.54. The van der Waals surface area contributed by atoms with Crippen molar-refractivity contribution in [3.63, 3.8) is 0 Å². The van der Waals surface area contributed by atoms with Crippen molar-refractivity contribution >= 4 is 34.2 Å². The number of aromatic nitrogens is 2. The first kappa shape index (κ1) is 12.7. The molecule has 0 atom stereocenters. The molecule has 0 unspecified atom stereocenters. The number of carbonyl (C=O) groups excluding carboxylic acids is 1. The molecule has 2 heterocycles. The van der Waals surface area contributed by atoms with Gasteiger partial charge in [-0.15, -0.1) is 0 Å². The molecule has 3 rings (SSSR count). The van der Waals surface area contributed by atoms with Gasteiger partial charge in [-0.05, 0) is 25.1 Å². The lowest BCUT2D eigenvalue weighted by Crippen LogP contribution is -2.15. The first-order valence-corrected chi connectivity index (χ1v) is 6.42. The number of anilines is 1. The van der Waals surface area contributed by atoms with Crippen molar-refractivity contribution in [2.45, 2.75) is 6.92 Å². The van der Waals surface area contributed by atoms with E-state index in [1.807, 2.05) is 19.2 Å². The van der Waals surface area contributed by atoms with Crippen LogP contribution in [0.15, 0.2) is 34.9 Å². The maximum Gasteiger partial charge on any atom is 0.273 e. The third kappa shape index (κ3) is 2.06. The van der Waals surface area contributed by atoms with E-state index < -0.39 is 0 Å². The van der Waals surface area contributed by atoms with Gasteiger partial charge in [0.15, 0.2) is 5.82 Å². The number of benzene rings is 1. The van der Waals surface area contributed by atoms with E-state index in [2.05, 4.69) is 10.5 Å². The minimum atomic E-state index is -0.256. The highest BCUT2D eigenvalue weighted by Gasteiger charge is 2.16. The average Bonchev–Trinajstić information content (AvgIpc) is 2.95. The standard InChI is InChI=1S/C14H12ClN3O2/c1-8-6-13(17-20-8)16-14(19)12-7-9-10(15)4-3-5-11(9)18(12)2/h3-7H,1-2H3,(H,16,17,19). The highest BCUT2D eigenvalue weighted by Crippen LogP contribution is 2.26. The molecule has 6 heteroatoms. The summed E-state index contributed by atoms with van der Waals surface area (Å²) in [4.78, 5) is 12.3. The second-order valence-corrected chi connectivity index (χ2v) is 4.95. The van der Waals surface area contributed by atoms with E-state index in [1.165, 1.54) is 0 Å². The highest BCUT2D eigenvalue weighted by molar-refractivity contribution is 6.35. The molecule has 0 aliphatic rings. The Hall–Kier alpha value is -2.27. The quantitative estimate of drug-likeness (QED) is 0.787. The van der Waals surface area contributed by atoms with Crippen molar-refractivity contribution in [1.29, 1.82) is 0 Å². The van der Waals surface area contributed by atoms with Gasteiger partial charge in [0, 0.05) is 29.0 Å². The predicted molar refractivity (Wildman–Crippen MR) is 77.1 cm³/mol. The zero-order valence-corrected chi connectivity index (χ0v) is 11.7. The van der Waals surface area contributed by atoms with Crippen LogP contribution in [0.1, 0.15) is 16.2 Å². The molecule has 20 heavy (non-hydrogen) atoms. The molecule has 1 N–H and O–H groups in total. The maximum atomic E-state index is 12.3. The number of rotatable bonds is 2. The first-order valence-electron chi connectivity index (χ1n) is 6.05. The summed E-state index contributed by atoms with van der Waals surface area (Å²) in [7, 11) is 1.82. The number of hydrogen-bond donors (Lipinski definition) is 1. The van der Waals surface area contributed by atoms with E-state index in [-0.39, 0.29) is 5.91 Å². The van der Waals surface area contributed by atoms with Gasteiger partial charge in [-0.25, -0.2) is 0 Å². The van der Waals surface area contributed by atoms with Crippen LogP contribution in [-0.2, 0) is 7.05 Å².